The van der Waals surface area contributed by atoms with Crippen molar-refractivity contribution >= 4 is 11.9 Å². The second-order valence-corrected chi connectivity index (χ2v) is 6.80. The van der Waals surface area contributed by atoms with Crippen LogP contribution in [0.1, 0.15) is 111 Å². The standard InChI is InChI=1S/C13H26O2.C8H16O2/c1-4-6-7-8-9-10-11-15-13(14)12(3)5-2;1-2-3-4-5-6-7-8(9)10/h12H,4-11H2,1-3H3;2-7H2,1H3,(H,9,10). The molecule has 4 heteroatoms. The SMILES string of the molecule is CCCCCCCC(=O)O.CCCCCCCCOC(=O)C(C)CC. The van der Waals surface area contributed by atoms with E-state index in [2.05, 4.69) is 13.8 Å². The van der Waals surface area contributed by atoms with Crippen molar-refractivity contribution < 1.29 is 19.4 Å². The predicted octanol–water partition coefficient (Wildman–Crippen LogP) is 6.37. The van der Waals surface area contributed by atoms with Gasteiger partial charge in [0, 0.05) is 6.42 Å². The van der Waals surface area contributed by atoms with Crippen molar-refractivity contribution in [3.05, 3.63) is 0 Å². The summed E-state index contributed by atoms with van der Waals surface area (Å²) in [4.78, 5) is 21.3. The van der Waals surface area contributed by atoms with Gasteiger partial charge in [0.2, 0.25) is 0 Å². The van der Waals surface area contributed by atoms with Crippen LogP contribution in [0.25, 0.3) is 0 Å². The molecule has 4 nitrogen and oxygen atoms in total. The number of aliphatic carboxylic acids is 1. The molecule has 0 aromatic carbocycles. The van der Waals surface area contributed by atoms with Gasteiger partial charge in [0.1, 0.15) is 0 Å². The van der Waals surface area contributed by atoms with E-state index in [1.807, 2.05) is 13.8 Å². The minimum atomic E-state index is -0.670. The Morgan fingerprint density at radius 2 is 1.28 bits per heavy atom. The highest BCUT2D eigenvalue weighted by atomic mass is 16.5. The number of carboxylic acids is 1. The predicted molar refractivity (Wildman–Crippen MR) is 105 cm³/mol. The normalized spacial score (nSPS) is 11.4. The number of carbonyl (C=O) groups is 2. The molecule has 1 unspecified atom stereocenters. The molecular weight excluding hydrogens is 316 g/mol. The van der Waals surface area contributed by atoms with Gasteiger partial charge in [0.25, 0.3) is 0 Å². The van der Waals surface area contributed by atoms with Crippen LogP contribution in [0, 0.1) is 5.92 Å². The summed E-state index contributed by atoms with van der Waals surface area (Å²) >= 11 is 0. The molecule has 0 saturated carbocycles. The van der Waals surface area contributed by atoms with Crippen molar-refractivity contribution in [1.82, 2.24) is 0 Å². The highest BCUT2D eigenvalue weighted by Crippen LogP contribution is 2.07. The van der Waals surface area contributed by atoms with Gasteiger partial charge in [-0.05, 0) is 19.3 Å². The van der Waals surface area contributed by atoms with Gasteiger partial charge in [-0.1, -0.05) is 85.5 Å². The van der Waals surface area contributed by atoms with Crippen LogP contribution in [0.15, 0.2) is 0 Å². The van der Waals surface area contributed by atoms with Crippen LogP contribution >= 0.6 is 0 Å². The van der Waals surface area contributed by atoms with E-state index < -0.39 is 5.97 Å². The number of carboxylic acid groups (broad SMARTS) is 1. The molecule has 0 bridgehead atoms. The average Bonchev–Trinajstić information content (AvgIpc) is 2.60. The topological polar surface area (TPSA) is 63.6 Å². The van der Waals surface area contributed by atoms with Gasteiger partial charge < -0.3 is 9.84 Å². The maximum absolute atomic E-state index is 11.3. The zero-order chi connectivity index (χ0) is 19.3. The first kappa shape index (κ1) is 26.2. The lowest BCUT2D eigenvalue weighted by molar-refractivity contribution is -0.148. The third-order valence-corrected chi connectivity index (χ3v) is 4.25. The number of ether oxygens (including phenoxy) is 1. The third-order valence-electron chi connectivity index (χ3n) is 4.25. The fourth-order valence-electron chi connectivity index (χ4n) is 2.24. The second-order valence-electron chi connectivity index (χ2n) is 6.80. The minimum Gasteiger partial charge on any atom is -0.481 e. The summed E-state index contributed by atoms with van der Waals surface area (Å²) in [6, 6.07) is 0. The lowest BCUT2D eigenvalue weighted by atomic mass is 10.1. The zero-order valence-electron chi connectivity index (χ0n) is 17.1. The van der Waals surface area contributed by atoms with Crippen LogP contribution in [-0.4, -0.2) is 23.7 Å². The summed E-state index contributed by atoms with van der Waals surface area (Å²) in [5, 5.41) is 8.27. The number of carbonyl (C=O) groups excluding carboxylic acids is 1. The van der Waals surface area contributed by atoms with Crippen LogP contribution in [0.3, 0.4) is 0 Å². The van der Waals surface area contributed by atoms with E-state index in [4.69, 9.17) is 9.84 Å². The maximum Gasteiger partial charge on any atom is 0.308 e. The quantitative estimate of drug-likeness (QED) is 0.273. The van der Waals surface area contributed by atoms with E-state index in [0.29, 0.717) is 13.0 Å². The van der Waals surface area contributed by atoms with E-state index in [1.54, 1.807) is 0 Å². The van der Waals surface area contributed by atoms with Crippen LogP contribution in [0.5, 0.6) is 0 Å². The molecule has 0 radical (unpaired) electrons. The summed E-state index contributed by atoms with van der Waals surface area (Å²) in [6.07, 6.45) is 14.2. The fourth-order valence-corrected chi connectivity index (χ4v) is 2.24. The average molecular weight is 359 g/mol. The van der Waals surface area contributed by atoms with Crippen LogP contribution < -0.4 is 0 Å². The van der Waals surface area contributed by atoms with E-state index in [-0.39, 0.29) is 11.9 Å². The lowest BCUT2D eigenvalue weighted by Gasteiger charge is -2.08. The number of unbranched alkanes of at least 4 members (excludes halogenated alkanes) is 9. The largest absolute Gasteiger partial charge is 0.481 e. The molecule has 0 heterocycles. The number of hydrogen-bond donors (Lipinski definition) is 1. The molecule has 25 heavy (non-hydrogen) atoms. The van der Waals surface area contributed by atoms with Crippen molar-refractivity contribution in [3.8, 4) is 0 Å². The van der Waals surface area contributed by atoms with E-state index in [9.17, 15) is 9.59 Å². The molecule has 0 rings (SSSR count). The first-order valence-electron chi connectivity index (χ1n) is 10.4. The number of rotatable bonds is 15. The molecule has 1 atom stereocenters. The van der Waals surface area contributed by atoms with E-state index >= 15 is 0 Å². The number of esters is 1. The molecule has 0 aromatic heterocycles. The Morgan fingerprint density at radius 1 is 0.800 bits per heavy atom. The Hall–Kier alpha value is -1.06. The van der Waals surface area contributed by atoms with Gasteiger partial charge in [-0.25, -0.2) is 0 Å². The first-order valence-corrected chi connectivity index (χ1v) is 10.4. The van der Waals surface area contributed by atoms with Crippen molar-refractivity contribution in [1.29, 1.82) is 0 Å². The van der Waals surface area contributed by atoms with Crippen LogP contribution in [-0.2, 0) is 14.3 Å². The smallest absolute Gasteiger partial charge is 0.308 e. The monoisotopic (exact) mass is 358 g/mol. The Balaban J connectivity index is 0. The summed E-state index contributed by atoms with van der Waals surface area (Å²) in [6.45, 7) is 8.90. The molecule has 0 amide bonds. The van der Waals surface area contributed by atoms with Gasteiger partial charge >= 0.3 is 11.9 Å². The highest BCUT2D eigenvalue weighted by molar-refractivity contribution is 5.71. The van der Waals surface area contributed by atoms with Gasteiger partial charge in [-0.3, -0.25) is 9.59 Å². The Bertz CT molecular complexity index is 302. The van der Waals surface area contributed by atoms with Crippen LogP contribution in [0.4, 0.5) is 0 Å². The van der Waals surface area contributed by atoms with Gasteiger partial charge in [-0.2, -0.15) is 0 Å². The zero-order valence-corrected chi connectivity index (χ0v) is 17.1. The van der Waals surface area contributed by atoms with Crippen molar-refractivity contribution in [2.75, 3.05) is 6.61 Å². The molecule has 1 N–H and O–H groups in total. The van der Waals surface area contributed by atoms with Crippen molar-refractivity contribution in [3.63, 3.8) is 0 Å². The Labute approximate surface area is 155 Å². The van der Waals surface area contributed by atoms with Gasteiger partial charge in [0.15, 0.2) is 0 Å². The Morgan fingerprint density at radius 3 is 1.76 bits per heavy atom. The van der Waals surface area contributed by atoms with Crippen LogP contribution in [0.2, 0.25) is 0 Å². The first-order chi connectivity index (χ1) is 12.0. The van der Waals surface area contributed by atoms with Crippen molar-refractivity contribution in [2.24, 2.45) is 5.92 Å². The van der Waals surface area contributed by atoms with E-state index in [0.717, 1.165) is 25.7 Å². The highest BCUT2D eigenvalue weighted by Gasteiger charge is 2.10. The molecule has 0 aromatic rings. The second kappa shape index (κ2) is 21.0. The van der Waals surface area contributed by atoms with Crippen molar-refractivity contribution in [2.45, 2.75) is 111 Å². The minimum absolute atomic E-state index is 0.0361. The molecule has 0 aliphatic carbocycles. The maximum atomic E-state index is 11.3. The number of hydrogen-bond acceptors (Lipinski definition) is 3. The van der Waals surface area contributed by atoms with E-state index in [1.165, 1.54) is 51.4 Å². The molecule has 0 saturated heterocycles. The molecule has 0 aliphatic rings. The molecular formula is C21H42O4. The van der Waals surface area contributed by atoms with Gasteiger partial charge in [0.05, 0.1) is 12.5 Å². The molecule has 0 spiro atoms. The lowest BCUT2D eigenvalue weighted by Crippen LogP contribution is -2.14. The Kier molecular flexibility index (Phi) is 22.0. The molecule has 0 aliphatic heterocycles. The molecule has 150 valence electrons. The third kappa shape index (κ3) is 22.9. The summed E-state index contributed by atoms with van der Waals surface area (Å²) in [7, 11) is 0. The summed E-state index contributed by atoms with van der Waals surface area (Å²) in [5.41, 5.74) is 0. The molecule has 0 fully saturated rings. The summed E-state index contributed by atoms with van der Waals surface area (Å²) < 4.78 is 5.16. The van der Waals surface area contributed by atoms with Gasteiger partial charge in [-0.15, -0.1) is 0 Å². The summed E-state index contributed by atoms with van der Waals surface area (Å²) in [5.74, 6) is -0.646. The fraction of sp³-hybridized carbons (Fsp3) is 0.905.